The third kappa shape index (κ3) is 4.81. The van der Waals surface area contributed by atoms with Gasteiger partial charge < -0.3 is 18.9 Å². The maximum atomic E-state index is 12.4. The van der Waals surface area contributed by atoms with Gasteiger partial charge in [-0.2, -0.15) is 0 Å². The van der Waals surface area contributed by atoms with Crippen LogP contribution in [0.5, 0.6) is 17.2 Å². The zero-order chi connectivity index (χ0) is 22.3. The van der Waals surface area contributed by atoms with Crippen LogP contribution in [-0.4, -0.2) is 25.6 Å². The zero-order valence-corrected chi connectivity index (χ0v) is 17.9. The van der Waals surface area contributed by atoms with E-state index in [1.54, 1.807) is 19.3 Å². The molecular weight excluding hydrogens is 406 g/mol. The molecule has 32 heavy (non-hydrogen) atoms. The highest BCUT2D eigenvalue weighted by atomic mass is 16.6. The smallest absolute Gasteiger partial charge is 0.363 e. The Labute approximate surface area is 186 Å². The summed E-state index contributed by atoms with van der Waals surface area (Å²) in [5, 5.41) is 0. The molecule has 0 amide bonds. The second-order valence-electron chi connectivity index (χ2n) is 6.95. The number of nitrogens with zero attached hydrogens (tertiary/aromatic N) is 1. The van der Waals surface area contributed by atoms with E-state index < -0.39 is 5.97 Å². The van der Waals surface area contributed by atoms with E-state index >= 15 is 0 Å². The normalized spacial score (nSPS) is 14.1. The SMILES string of the molecule is CCOc1ccccc1C1=NC(=Cc2ccc(OCc3ccccc3)c(OC)c2)C(=O)O1. The van der Waals surface area contributed by atoms with Crippen LogP contribution in [-0.2, 0) is 16.1 Å². The lowest BCUT2D eigenvalue weighted by atomic mass is 10.1. The monoisotopic (exact) mass is 429 g/mol. The highest BCUT2D eigenvalue weighted by Gasteiger charge is 2.26. The van der Waals surface area contributed by atoms with Crippen molar-refractivity contribution in [2.24, 2.45) is 4.99 Å². The van der Waals surface area contributed by atoms with Crippen molar-refractivity contribution in [2.75, 3.05) is 13.7 Å². The molecule has 0 N–H and O–H groups in total. The van der Waals surface area contributed by atoms with Gasteiger partial charge in [0.15, 0.2) is 17.2 Å². The molecule has 4 rings (SSSR count). The first-order valence-electron chi connectivity index (χ1n) is 10.3. The lowest BCUT2D eigenvalue weighted by Gasteiger charge is -2.11. The van der Waals surface area contributed by atoms with Crippen LogP contribution in [0.15, 0.2) is 83.5 Å². The third-order valence-corrected chi connectivity index (χ3v) is 4.77. The fourth-order valence-corrected chi connectivity index (χ4v) is 3.24. The number of benzene rings is 3. The first-order chi connectivity index (χ1) is 15.7. The van der Waals surface area contributed by atoms with Crippen LogP contribution < -0.4 is 14.2 Å². The molecule has 6 nitrogen and oxygen atoms in total. The lowest BCUT2D eigenvalue weighted by Crippen LogP contribution is -2.07. The molecule has 0 radical (unpaired) electrons. The summed E-state index contributed by atoms with van der Waals surface area (Å²) in [6.45, 7) is 2.82. The number of methoxy groups -OCH3 is 1. The Balaban J connectivity index is 1.56. The number of para-hydroxylation sites is 1. The van der Waals surface area contributed by atoms with E-state index in [2.05, 4.69) is 4.99 Å². The molecule has 0 aromatic heterocycles. The predicted octanol–water partition coefficient (Wildman–Crippen LogP) is 5.02. The molecule has 0 aliphatic carbocycles. The molecule has 1 heterocycles. The Morgan fingerprint density at radius 1 is 0.906 bits per heavy atom. The molecule has 3 aromatic rings. The number of carbonyl (C=O) groups excluding carboxylic acids is 1. The van der Waals surface area contributed by atoms with Gasteiger partial charge in [-0.3, -0.25) is 0 Å². The third-order valence-electron chi connectivity index (χ3n) is 4.77. The van der Waals surface area contributed by atoms with E-state index in [4.69, 9.17) is 18.9 Å². The van der Waals surface area contributed by atoms with Crippen LogP contribution in [0.4, 0.5) is 0 Å². The Kier molecular flexibility index (Phi) is 6.51. The van der Waals surface area contributed by atoms with Gasteiger partial charge in [0.2, 0.25) is 5.90 Å². The number of carbonyl (C=O) groups is 1. The van der Waals surface area contributed by atoms with E-state index in [-0.39, 0.29) is 11.6 Å². The van der Waals surface area contributed by atoms with Gasteiger partial charge in [0.1, 0.15) is 12.4 Å². The zero-order valence-electron chi connectivity index (χ0n) is 17.9. The molecule has 0 saturated heterocycles. The predicted molar refractivity (Wildman–Crippen MR) is 122 cm³/mol. The van der Waals surface area contributed by atoms with E-state index in [1.807, 2.05) is 73.7 Å². The summed E-state index contributed by atoms with van der Waals surface area (Å²) in [6.07, 6.45) is 1.65. The van der Waals surface area contributed by atoms with Crippen molar-refractivity contribution in [1.29, 1.82) is 0 Å². The first-order valence-corrected chi connectivity index (χ1v) is 10.3. The number of cyclic esters (lactones) is 1. The van der Waals surface area contributed by atoms with Crippen molar-refractivity contribution in [2.45, 2.75) is 13.5 Å². The van der Waals surface area contributed by atoms with Crippen molar-refractivity contribution >= 4 is 17.9 Å². The summed E-state index contributed by atoms with van der Waals surface area (Å²) in [5.74, 6) is 1.49. The topological polar surface area (TPSA) is 66.3 Å². The molecule has 6 heteroatoms. The van der Waals surface area contributed by atoms with Gasteiger partial charge in [0.25, 0.3) is 0 Å². The van der Waals surface area contributed by atoms with Crippen LogP contribution in [0.25, 0.3) is 6.08 Å². The van der Waals surface area contributed by atoms with E-state index in [9.17, 15) is 4.79 Å². The minimum absolute atomic E-state index is 0.200. The van der Waals surface area contributed by atoms with Gasteiger partial charge in [0.05, 0.1) is 19.3 Å². The largest absolute Gasteiger partial charge is 0.493 e. The molecule has 0 unspecified atom stereocenters. The summed E-state index contributed by atoms with van der Waals surface area (Å²) in [5.41, 5.74) is 2.63. The van der Waals surface area contributed by atoms with E-state index in [0.717, 1.165) is 11.1 Å². The molecule has 3 aromatic carbocycles. The summed E-state index contributed by atoms with van der Waals surface area (Å²) >= 11 is 0. The fourth-order valence-electron chi connectivity index (χ4n) is 3.24. The van der Waals surface area contributed by atoms with Crippen LogP contribution in [0.3, 0.4) is 0 Å². The van der Waals surface area contributed by atoms with Gasteiger partial charge in [0, 0.05) is 0 Å². The Bertz CT molecular complexity index is 1170. The summed E-state index contributed by atoms with van der Waals surface area (Å²) < 4.78 is 22.4. The van der Waals surface area contributed by atoms with Crippen LogP contribution >= 0.6 is 0 Å². The second-order valence-corrected chi connectivity index (χ2v) is 6.95. The van der Waals surface area contributed by atoms with Crippen molar-refractivity contribution in [3.8, 4) is 17.2 Å². The highest BCUT2D eigenvalue weighted by Crippen LogP contribution is 2.31. The molecule has 1 aliphatic heterocycles. The number of hydrogen-bond donors (Lipinski definition) is 0. The minimum atomic E-state index is -0.519. The maximum Gasteiger partial charge on any atom is 0.363 e. The van der Waals surface area contributed by atoms with Crippen LogP contribution in [0.2, 0.25) is 0 Å². The van der Waals surface area contributed by atoms with Crippen molar-refractivity contribution in [3.63, 3.8) is 0 Å². The summed E-state index contributed by atoms with van der Waals surface area (Å²) in [7, 11) is 1.58. The molecule has 0 spiro atoms. The molecule has 0 bridgehead atoms. The number of hydrogen-bond acceptors (Lipinski definition) is 6. The summed E-state index contributed by atoms with van der Waals surface area (Å²) in [6, 6.07) is 22.6. The van der Waals surface area contributed by atoms with E-state index in [1.165, 1.54) is 0 Å². The Morgan fingerprint density at radius 3 is 2.47 bits per heavy atom. The number of esters is 1. The Morgan fingerprint density at radius 2 is 1.69 bits per heavy atom. The molecule has 1 aliphatic rings. The van der Waals surface area contributed by atoms with Crippen LogP contribution in [0, 0.1) is 0 Å². The van der Waals surface area contributed by atoms with Crippen LogP contribution in [0.1, 0.15) is 23.6 Å². The number of aliphatic imine (C=N–C) groups is 1. The van der Waals surface area contributed by atoms with Gasteiger partial charge in [-0.25, -0.2) is 9.79 Å². The lowest BCUT2D eigenvalue weighted by molar-refractivity contribution is -0.129. The standard InChI is InChI=1S/C26H23NO5/c1-3-30-22-12-8-7-11-20(22)25-27-21(26(28)32-25)15-19-13-14-23(24(16-19)29-2)31-17-18-9-5-4-6-10-18/h4-16H,3,17H2,1-2H3. The average Bonchev–Trinajstić information content (AvgIpc) is 3.19. The fraction of sp³-hybridized carbons (Fsp3) is 0.154. The molecule has 162 valence electrons. The van der Waals surface area contributed by atoms with Crippen molar-refractivity contribution < 1.29 is 23.7 Å². The highest BCUT2D eigenvalue weighted by molar-refractivity contribution is 6.13. The van der Waals surface area contributed by atoms with Gasteiger partial charge in [-0.1, -0.05) is 48.5 Å². The van der Waals surface area contributed by atoms with Crippen molar-refractivity contribution in [1.82, 2.24) is 0 Å². The van der Waals surface area contributed by atoms with Gasteiger partial charge in [-0.05, 0) is 48.4 Å². The molecule has 0 saturated carbocycles. The van der Waals surface area contributed by atoms with E-state index in [0.29, 0.717) is 36.0 Å². The molecule has 0 atom stereocenters. The number of ether oxygens (including phenoxy) is 4. The Hall–Kier alpha value is -4.06. The van der Waals surface area contributed by atoms with Gasteiger partial charge >= 0.3 is 5.97 Å². The number of rotatable bonds is 8. The first kappa shape index (κ1) is 21.2. The summed E-state index contributed by atoms with van der Waals surface area (Å²) in [4.78, 5) is 16.8. The van der Waals surface area contributed by atoms with Crippen molar-refractivity contribution in [3.05, 3.63) is 95.2 Å². The molecule has 0 fully saturated rings. The van der Waals surface area contributed by atoms with Gasteiger partial charge in [-0.15, -0.1) is 0 Å². The minimum Gasteiger partial charge on any atom is -0.493 e. The quantitative estimate of drug-likeness (QED) is 0.372. The second kappa shape index (κ2) is 9.83. The average molecular weight is 429 g/mol. The maximum absolute atomic E-state index is 12.4. The molecular formula is C26H23NO5.